The van der Waals surface area contributed by atoms with Crippen molar-refractivity contribution in [2.75, 3.05) is 38.2 Å². The molecule has 5 heteroatoms. The Morgan fingerprint density at radius 3 is 2.94 bits per heavy atom. The summed E-state index contributed by atoms with van der Waals surface area (Å²) < 4.78 is 0. The van der Waals surface area contributed by atoms with Gasteiger partial charge in [0.1, 0.15) is 6.07 Å². The first-order valence-corrected chi connectivity index (χ1v) is 5.18. The maximum absolute atomic E-state index is 8.80. The van der Waals surface area contributed by atoms with Gasteiger partial charge in [0.25, 0.3) is 0 Å². The fourth-order valence-corrected chi connectivity index (χ4v) is 1.31. The zero-order valence-electron chi connectivity index (χ0n) is 9.70. The lowest BCUT2D eigenvalue weighted by atomic mass is 10.2. The SMILES string of the molecule is CN(C)CCCNc1nccc(C#N)c1N. The molecular formula is C11H17N5. The van der Waals surface area contributed by atoms with E-state index < -0.39 is 0 Å². The number of nitrogen functional groups attached to an aromatic ring is 1. The molecule has 0 spiro atoms. The molecule has 0 radical (unpaired) electrons. The molecule has 1 heterocycles. The second-order valence-electron chi connectivity index (χ2n) is 3.82. The van der Waals surface area contributed by atoms with Crippen molar-refractivity contribution in [3.05, 3.63) is 17.8 Å². The van der Waals surface area contributed by atoms with Crippen LogP contribution in [-0.4, -0.2) is 37.1 Å². The Morgan fingerprint density at radius 1 is 1.56 bits per heavy atom. The summed E-state index contributed by atoms with van der Waals surface area (Å²) in [5.41, 5.74) is 6.67. The summed E-state index contributed by atoms with van der Waals surface area (Å²) in [4.78, 5) is 6.22. The van der Waals surface area contributed by atoms with Gasteiger partial charge in [0.05, 0.1) is 11.3 Å². The lowest BCUT2D eigenvalue weighted by Crippen LogP contribution is -2.17. The average Bonchev–Trinajstić information content (AvgIpc) is 2.26. The van der Waals surface area contributed by atoms with Gasteiger partial charge in [-0.05, 0) is 33.1 Å². The molecule has 0 atom stereocenters. The van der Waals surface area contributed by atoms with Gasteiger partial charge in [-0.3, -0.25) is 0 Å². The Hall–Kier alpha value is -1.80. The molecular weight excluding hydrogens is 202 g/mol. The molecule has 0 saturated heterocycles. The van der Waals surface area contributed by atoms with Crippen LogP contribution in [0, 0.1) is 11.3 Å². The molecule has 0 saturated carbocycles. The van der Waals surface area contributed by atoms with E-state index in [0.717, 1.165) is 19.5 Å². The first kappa shape index (κ1) is 12.3. The summed E-state index contributed by atoms with van der Waals surface area (Å²) in [6.45, 7) is 1.80. The van der Waals surface area contributed by atoms with Crippen molar-refractivity contribution < 1.29 is 0 Å². The third-order valence-electron chi connectivity index (χ3n) is 2.19. The first-order chi connectivity index (χ1) is 7.65. The van der Waals surface area contributed by atoms with Crippen LogP contribution in [0.1, 0.15) is 12.0 Å². The number of nitrogens with zero attached hydrogens (tertiary/aromatic N) is 3. The zero-order chi connectivity index (χ0) is 12.0. The number of anilines is 2. The number of nitrogens with one attached hydrogen (secondary N) is 1. The van der Waals surface area contributed by atoms with E-state index in [2.05, 4.69) is 15.2 Å². The maximum Gasteiger partial charge on any atom is 0.150 e. The topological polar surface area (TPSA) is 78.0 Å². The minimum absolute atomic E-state index is 0.426. The van der Waals surface area contributed by atoms with Crippen LogP contribution in [0.4, 0.5) is 11.5 Å². The van der Waals surface area contributed by atoms with E-state index in [1.165, 1.54) is 0 Å². The van der Waals surface area contributed by atoms with E-state index in [0.29, 0.717) is 17.1 Å². The maximum atomic E-state index is 8.80. The molecule has 0 amide bonds. The van der Waals surface area contributed by atoms with Crippen LogP contribution in [0.3, 0.4) is 0 Å². The van der Waals surface area contributed by atoms with Crippen molar-refractivity contribution in [3.8, 4) is 6.07 Å². The number of nitrogens with two attached hydrogens (primary N) is 1. The van der Waals surface area contributed by atoms with Crippen LogP contribution in [0.5, 0.6) is 0 Å². The van der Waals surface area contributed by atoms with Crippen molar-refractivity contribution in [3.63, 3.8) is 0 Å². The normalized spacial score (nSPS) is 10.1. The molecule has 0 fully saturated rings. The molecule has 16 heavy (non-hydrogen) atoms. The van der Waals surface area contributed by atoms with Gasteiger partial charge >= 0.3 is 0 Å². The van der Waals surface area contributed by atoms with Gasteiger partial charge in [-0.2, -0.15) is 5.26 Å². The molecule has 0 aliphatic carbocycles. The van der Waals surface area contributed by atoms with Gasteiger partial charge in [0.15, 0.2) is 5.82 Å². The molecule has 0 bridgehead atoms. The standard InChI is InChI=1S/C11H17N5/c1-16(2)7-3-5-14-11-10(13)9(8-12)4-6-15-11/h4,6H,3,5,7,13H2,1-2H3,(H,14,15). The molecule has 0 aromatic carbocycles. The summed E-state index contributed by atoms with van der Waals surface area (Å²) in [6.07, 6.45) is 2.59. The lowest BCUT2D eigenvalue weighted by molar-refractivity contribution is 0.405. The molecule has 1 rings (SSSR count). The fraction of sp³-hybridized carbons (Fsp3) is 0.455. The molecule has 86 valence electrons. The van der Waals surface area contributed by atoms with Crippen molar-refractivity contribution in [2.45, 2.75) is 6.42 Å². The van der Waals surface area contributed by atoms with Crippen molar-refractivity contribution >= 4 is 11.5 Å². The molecule has 5 nitrogen and oxygen atoms in total. The van der Waals surface area contributed by atoms with E-state index in [1.807, 2.05) is 20.2 Å². The third-order valence-corrected chi connectivity index (χ3v) is 2.19. The van der Waals surface area contributed by atoms with Crippen LogP contribution in [0.25, 0.3) is 0 Å². The van der Waals surface area contributed by atoms with Gasteiger partial charge in [-0.15, -0.1) is 0 Å². The second kappa shape index (κ2) is 5.93. The quantitative estimate of drug-likeness (QED) is 0.719. The number of hydrogen-bond acceptors (Lipinski definition) is 5. The van der Waals surface area contributed by atoms with E-state index in [9.17, 15) is 0 Å². The van der Waals surface area contributed by atoms with E-state index in [1.54, 1.807) is 12.3 Å². The minimum atomic E-state index is 0.426. The fourth-order valence-electron chi connectivity index (χ4n) is 1.31. The molecule has 1 aromatic rings. The monoisotopic (exact) mass is 219 g/mol. The first-order valence-electron chi connectivity index (χ1n) is 5.18. The zero-order valence-corrected chi connectivity index (χ0v) is 9.70. The summed E-state index contributed by atoms with van der Waals surface area (Å²) in [7, 11) is 4.06. The van der Waals surface area contributed by atoms with Crippen molar-refractivity contribution in [2.24, 2.45) is 0 Å². The van der Waals surface area contributed by atoms with E-state index >= 15 is 0 Å². The van der Waals surface area contributed by atoms with Gasteiger partial charge in [0, 0.05) is 12.7 Å². The minimum Gasteiger partial charge on any atom is -0.395 e. The average molecular weight is 219 g/mol. The smallest absolute Gasteiger partial charge is 0.150 e. The summed E-state index contributed by atoms with van der Waals surface area (Å²) in [6, 6.07) is 3.64. The summed E-state index contributed by atoms with van der Waals surface area (Å²) in [5.74, 6) is 0.595. The number of aromatic nitrogens is 1. The summed E-state index contributed by atoms with van der Waals surface area (Å²) >= 11 is 0. The van der Waals surface area contributed by atoms with E-state index in [-0.39, 0.29) is 0 Å². The van der Waals surface area contributed by atoms with Crippen LogP contribution in [-0.2, 0) is 0 Å². The largest absolute Gasteiger partial charge is 0.395 e. The number of rotatable bonds is 5. The van der Waals surface area contributed by atoms with Gasteiger partial charge in [-0.25, -0.2) is 4.98 Å². The molecule has 0 aliphatic heterocycles. The van der Waals surface area contributed by atoms with Gasteiger partial charge in [-0.1, -0.05) is 0 Å². The van der Waals surface area contributed by atoms with Gasteiger partial charge < -0.3 is 16.0 Å². The van der Waals surface area contributed by atoms with Crippen LogP contribution < -0.4 is 11.1 Å². The Balaban J connectivity index is 2.52. The Bertz CT molecular complexity index is 380. The highest BCUT2D eigenvalue weighted by atomic mass is 15.1. The highest BCUT2D eigenvalue weighted by molar-refractivity contribution is 5.68. The summed E-state index contributed by atoms with van der Waals surface area (Å²) in [5, 5.41) is 11.9. The highest BCUT2D eigenvalue weighted by Crippen LogP contribution is 2.18. The van der Waals surface area contributed by atoms with Gasteiger partial charge in [0.2, 0.25) is 0 Å². The van der Waals surface area contributed by atoms with Crippen LogP contribution >= 0.6 is 0 Å². The Labute approximate surface area is 95.9 Å². The molecule has 3 N–H and O–H groups in total. The van der Waals surface area contributed by atoms with E-state index in [4.69, 9.17) is 11.0 Å². The highest BCUT2D eigenvalue weighted by Gasteiger charge is 2.04. The number of nitriles is 1. The Kier molecular flexibility index (Phi) is 4.55. The van der Waals surface area contributed by atoms with Crippen molar-refractivity contribution in [1.29, 1.82) is 5.26 Å². The lowest BCUT2D eigenvalue weighted by Gasteiger charge is -2.11. The van der Waals surface area contributed by atoms with Crippen molar-refractivity contribution in [1.82, 2.24) is 9.88 Å². The predicted octanol–water partition coefficient (Wildman–Crippen LogP) is 0.899. The van der Waals surface area contributed by atoms with Crippen LogP contribution in [0.15, 0.2) is 12.3 Å². The second-order valence-corrected chi connectivity index (χ2v) is 3.82. The third kappa shape index (κ3) is 3.41. The molecule has 0 unspecified atom stereocenters. The van der Waals surface area contributed by atoms with Crippen LogP contribution in [0.2, 0.25) is 0 Å². The predicted molar refractivity (Wildman–Crippen MR) is 65.0 cm³/mol. The number of hydrogen-bond donors (Lipinski definition) is 2. The Morgan fingerprint density at radius 2 is 2.31 bits per heavy atom. The number of pyridine rings is 1. The molecule has 0 aliphatic rings. The molecule has 1 aromatic heterocycles.